The number of carbonyl (C=O) groups is 2. The summed E-state index contributed by atoms with van der Waals surface area (Å²) in [5, 5.41) is 3.72. The molecule has 0 radical (unpaired) electrons. The van der Waals surface area contributed by atoms with E-state index in [9.17, 15) is 9.59 Å². The molecule has 4 heteroatoms. The number of carbonyl (C=O) groups excluding carboxylic acids is 2. The Morgan fingerprint density at radius 3 is 2.76 bits per heavy atom. The molecule has 1 heterocycles. The van der Waals surface area contributed by atoms with Gasteiger partial charge in [-0.25, -0.2) is 0 Å². The third-order valence-electron chi connectivity index (χ3n) is 4.47. The molecular formula is C17H20N2O2. The van der Waals surface area contributed by atoms with Crippen molar-refractivity contribution in [2.24, 2.45) is 5.92 Å². The summed E-state index contributed by atoms with van der Waals surface area (Å²) >= 11 is 0. The molecule has 2 atom stereocenters. The van der Waals surface area contributed by atoms with Crippen LogP contribution in [-0.2, 0) is 4.79 Å². The first-order valence-corrected chi connectivity index (χ1v) is 7.58. The van der Waals surface area contributed by atoms with Gasteiger partial charge in [-0.05, 0) is 24.8 Å². The van der Waals surface area contributed by atoms with Crippen LogP contribution in [0.5, 0.6) is 0 Å². The molecule has 2 N–H and O–H groups in total. The van der Waals surface area contributed by atoms with Gasteiger partial charge in [0.15, 0.2) is 0 Å². The second-order valence-electron chi connectivity index (χ2n) is 5.92. The fourth-order valence-corrected chi connectivity index (χ4v) is 3.15. The molecule has 21 heavy (non-hydrogen) atoms. The Morgan fingerprint density at radius 2 is 1.95 bits per heavy atom. The Balaban J connectivity index is 1.77. The highest BCUT2D eigenvalue weighted by atomic mass is 16.2. The average Bonchev–Trinajstić information content (AvgIpc) is 2.92. The second kappa shape index (κ2) is 5.72. The number of benzene rings is 1. The van der Waals surface area contributed by atoms with Gasteiger partial charge in [0, 0.05) is 23.1 Å². The molecule has 1 aliphatic carbocycles. The van der Waals surface area contributed by atoms with Crippen LogP contribution in [-0.4, -0.2) is 22.7 Å². The van der Waals surface area contributed by atoms with Crippen molar-refractivity contribution in [1.82, 2.24) is 10.3 Å². The topological polar surface area (TPSA) is 62.0 Å². The summed E-state index contributed by atoms with van der Waals surface area (Å²) in [6.07, 6.45) is 6.04. The van der Waals surface area contributed by atoms with E-state index in [1.807, 2.05) is 24.3 Å². The summed E-state index contributed by atoms with van der Waals surface area (Å²) in [5.41, 5.74) is 1.33. The number of para-hydroxylation sites is 1. The van der Waals surface area contributed by atoms with Gasteiger partial charge in [0.25, 0.3) is 11.7 Å². The van der Waals surface area contributed by atoms with E-state index in [1.165, 1.54) is 6.42 Å². The van der Waals surface area contributed by atoms with Crippen molar-refractivity contribution in [2.75, 3.05) is 0 Å². The summed E-state index contributed by atoms with van der Waals surface area (Å²) in [6.45, 7) is 2.14. The number of aromatic amines is 1. The maximum Gasteiger partial charge on any atom is 0.292 e. The Bertz CT molecular complexity index is 674. The average molecular weight is 284 g/mol. The molecular weight excluding hydrogens is 264 g/mol. The number of nitrogens with one attached hydrogen (secondary N) is 2. The maximum atomic E-state index is 12.4. The Kier molecular flexibility index (Phi) is 3.78. The van der Waals surface area contributed by atoms with Crippen LogP contribution in [0.3, 0.4) is 0 Å². The molecule has 4 nitrogen and oxygen atoms in total. The van der Waals surface area contributed by atoms with Crippen molar-refractivity contribution < 1.29 is 9.59 Å². The van der Waals surface area contributed by atoms with E-state index in [2.05, 4.69) is 17.2 Å². The monoisotopic (exact) mass is 284 g/mol. The van der Waals surface area contributed by atoms with Crippen LogP contribution in [0.2, 0.25) is 0 Å². The highest BCUT2D eigenvalue weighted by Gasteiger charge is 2.27. The fraction of sp³-hybridized carbons (Fsp3) is 0.412. The first-order chi connectivity index (χ1) is 10.2. The van der Waals surface area contributed by atoms with Gasteiger partial charge in [-0.15, -0.1) is 0 Å². The number of ketones is 1. The first kappa shape index (κ1) is 13.9. The molecule has 3 rings (SSSR count). The predicted octanol–water partition coefficient (Wildman–Crippen LogP) is 3.05. The molecule has 2 aromatic rings. The molecule has 0 spiro atoms. The highest BCUT2D eigenvalue weighted by Crippen LogP contribution is 2.24. The van der Waals surface area contributed by atoms with Crippen LogP contribution in [0.4, 0.5) is 0 Å². The van der Waals surface area contributed by atoms with Crippen molar-refractivity contribution in [3.8, 4) is 0 Å². The fourth-order valence-electron chi connectivity index (χ4n) is 3.15. The smallest absolute Gasteiger partial charge is 0.292 e. The minimum absolute atomic E-state index is 0.125. The molecule has 110 valence electrons. The van der Waals surface area contributed by atoms with Crippen molar-refractivity contribution in [3.05, 3.63) is 36.0 Å². The maximum absolute atomic E-state index is 12.4. The summed E-state index contributed by atoms with van der Waals surface area (Å²) in [7, 11) is 0. The SMILES string of the molecule is C[C@H]1CCCC[C@H]1NC(=O)C(=O)c1c[nH]c2ccccc12. The number of aromatic nitrogens is 1. The lowest BCUT2D eigenvalue weighted by molar-refractivity contribution is -0.118. The largest absolute Gasteiger partial charge is 0.360 e. The normalized spacial score (nSPS) is 22.1. The van der Waals surface area contributed by atoms with Gasteiger partial charge in [0.05, 0.1) is 5.56 Å². The van der Waals surface area contributed by atoms with E-state index < -0.39 is 11.7 Å². The van der Waals surface area contributed by atoms with Crippen LogP contribution in [0.1, 0.15) is 43.0 Å². The molecule has 0 bridgehead atoms. The lowest BCUT2D eigenvalue weighted by Crippen LogP contribution is -2.44. The number of hydrogen-bond acceptors (Lipinski definition) is 2. The van der Waals surface area contributed by atoms with Crippen LogP contribution in [0.25, 0.3) is 10.9 Å². The number of H-pyrrole nitrogens is 1. The van der Waals surface area contributed by atoms with Crippen LogP contribution in [0.15, 0.2) is 30.5 Å². The Labute approximate surface area is 123 Å². The summed E-state index contributed by atoms with van der Waals surface area (Å²) in [6, 6.07) is 7.65. The number of hydrogen-bond donors (Lipinski definition) is 2. The lowest BCUT2D eigenvalue weighted by atomic mass is 9.86. The molecule has 1 fully saturated rings. The molecule has 0 saturated heterocycles. The highest BCUT2D eigenvalue weighted by molar-refractivity contribution is 6.45. The number of fused-ring (bicyclic) bond motifs is 1. The second-order valence-corrected chi connectivity index (χ2v) is 5.92. The van der Waals surface area contributed by atoms with Crippen molar-refractivity contribution in [1.29, 1.82) is 0 Å². The summed E-state index contributed by atoms with van der Waals surface area (Å²) < 4.78 is 0. The quantitative estimate of drug-likeness (QED) is 0.672. The van der Waals surface area contributed by atoms with E-state index in [-0.39, 0.29) is 6.04 Å². The van der Waals surface area contributed by atoms with Crippen molar-refractivity contribution in [3.63, 3.8) is 0 Å². The molecule has 0 aliphatic heterocycles. The zero-order valence-electron chi connectivity index (χ0n) is 12.2. The van der Waals surface area contributed by atoms with Gasteiger partial charge in [0.2, 0.25) is 0 Å². The van der Waals surface area contributed by atoms with Gasteiger partial charge in [0.1, 0.15) is 0 Å². The summed E-state index contributed by atoms with van der Waals surface area (Å²) in [4.78, 5) is 27.6. The third kappa shape index (κ3) is 2.71. The van der Waals surface area contributed by atoms with E-state index in [4.69, 9.17) is 0 Å². The van der Waals surface area contributed by atoms with Gasteiger partial charge in [-0.2, -0.15) is 0 Å². The minimum atomic E-state index is -0.487. The van der Waals surface area contributed by atoms with Crippen LogP contribution >= 0.6 is 0 Å². The van der Waals surface area contributed by atoms with Gasteiger partial charge in [-0.1, -0.05) is 38.0 Å². The molecule has 0 unspecified atom stereocenters. The van der Waals surface area contributed by atoms with E-state index in [1.54, 1.807) is 6.20 Å². The zero-order valence-corrected chi connectivity index (χ0v) is 12.2. The predicted molar refractivity (Wildman–Crippen MR) is 82.2 cm³/mol. The third-order valence-corrected chi connectivity index (χ3v) is 4.47. The van der Waals surface area contributed by atoms with E-state index in [0.717, 1.165) is 30.2 Å². The first-order valence-electron chi connectivity index (χ1n) is 7.58. The molecule has 1 amide bonds. The zero-order chi connectivity index (χ0) is 14.8. The Morgan fingerprint density at radius 1 is 1.19 bits per heavy atom. The molecule has 1 aliphatic rings. The molecule has 1 saturated carbocycles. The van der Waals surface area contributed by atoms with Crippen LogP contribution in [0, 0.1) is 5.92 Å². The number of Topliss-reactive ketones (excluding diaryl/α,β-unsaturated/α-hetero) is 1. The van der Waals surface area contributed by atoms with Crippen molar-refractivity contribution >= 4 is 22.6 Å². The Hall–Kier alpha value is -2.10. The lowest BCUT2D eigenvalue weighted by Gasteiger charge is -2.29. The van der Waals surface area contributed by atoms with E-state index in [0.29, 0.717) is 11.5 Å². The summed E-state index contributed by atoms with van der Waals surface area (Å²) in [5.74, 6) is -0.498. The van der Waals surface area contributed by atoms with Crippen LogP contribution < -0.4 is 5.32 Å². The molecule has 1 aromatic carbocycles. The number of rotatable bonds is 3. The standard InChI is InChI=1S/C17H20N2O2/c1-11-6-2-4-8-14(11)19-17(21)16(20)13-10-18-15-9-5-3-7-12(13)15/h3,5,7,9-11,14,18H,2,4,6,8H2,1H3,(H,19,21)/t11-,14+/m0/s1. The van der Waals surface area contributed by atoms with Gasteiger partial charge < -0.3 is 10.3 Å². The van der Waals surface area contributed by atoms with Crippen molar-refractivity contribution in [2.45, 2.75) is 38.6 Å². The van der Waals surface area contributed by atoms with Gasteiger partial charge in [-0.3, -0.25) is 9.59 Å². The van der Waals surface area contributed by atoms with E-state index >= 15 is 0 Å². The number of amides is 1. The van der Waals surface area contributed by atoms with Gasteiger partial charge >= 0.3 is 0 Å². The minimum Gasteiger partial charge on any atom is -0.360 e. The molecule has 1 aromatic heterocycles.